The largest absolute Gasteiger partial charge is 0.479 e. The van der Waals surface area contributed by atoms with Gasteiger partial charge >= 0.3 is 5.97 Å². The number of hydrogen-bond acceptors (Lipinski definition) is 2. The van der Waals surface area contributed by atoms with Crippen LogP contribution in [0.3, 0.4) is 0 Å². The van der Waals surface area contributed by atoms with E-state index in [1.807, 2.05) is 24.3 Å². The smallest absolute Gasteiger partial charge is 0.333 e. The lowest BCUT2D eigenvalue weighted by Gasteiger charge is -2.13. The lowest BCUT2D eigenvalue weighted by atomic mass is 10.1. The van der Waals surface area contributed by atoms with Crippen molar-refractivity contribution in [3.63, 3.8) is 0 Å². The molecule has 0 unspecified atom stereocenters. The second kappa shape index (κ2) is 5.65. The van der Waals surface area contributed by atoms with Crippen LogP contribution >= 0.6 is 15.9 Å². The first-order valence-electron chi connectivity index (χ1n) is 5.74. The second-order valence-corrected chi connectivity index (χ2v) is 5.35. The predicted molar refractivity (Wildman–Crippen MR) is 67.9 cm³/mol. The fourth-order valence-electron chi connectivity index (χ4n) is 1.59. The van der Waals surface area contributed by atoms with Crippen molar-refractivity contribution in [1.82, 2.24) is 0 Å². The zero-order valence-corrected chi connectivity index (χ0v) is 11.0. The Balaban J connectivity index is 1.91. The number of carboxylic acids is 1. The lowest BCUT2D eigenvalue weighted by Crippen LogP contribution is -2.27. The summed E-state index contributed by atoms with van der Waals surface area (Å²) in [5.41, 5.74) is 0.983. The van der Waals surface area contributed by atoms with Gasteiger partial charge in [0.2, 0.25) is 0 Å². The maximum Gasteiger partial charge on any atom is 0.333 e. The third kappa shape index (κ3) is 4.13. The van der Waals surface area contributed by atoms with E-state index >= 15 is 0 Å². The van der Waals surface area contributed by atoms with E-state index in [2.05, 4.69) is 15.9 Å². The summed E-state index contributed by atoms with van der Waals surface area (Å²) in [6.45, 7) is 0.577. The van der Waals surface area contributed by atoms with Crippen LogP contribution in [0.25, 0.3) is 0 Å². The Hall–Kier alpha value is -0.870. The van der Waals surface area contributed by atoms with Gasteiger partial charge in [-0.2, -0.15) is 0 Å². The molecular formula is C13H15BrO3. The van der Waals surface area contributed by atoms with Gasteiger partial charge in [-0.15, -0.1) is 0 Å². The van der Waals surface area contributed by atoms with Gasteiger partial charge in [-0.1, -0.05) is 28.1 Å². The SMILES string of the molecule is O=C(O)[C@H](Cc1ccc(Br)cc1)OCC1CC1. The Morgan fingerprint density at radius 2 is 2.06 bits per heavy atom. The van der Waals surface area contributed by atoms with Crippen LogP contribution < -0.4 is 0 Å². The molecule has 3 nitrogen and oxygen atoms in total. The Bertz CT molecular complexity index is 384. The molecule has 1 saturated carbocycles. The van der Waals surface area contributed by atoms with Gasteiger partial charge in [0.05, 0.1) is 6.61 Å². The van der Waals surface area contributed by atoms with E-state index in [0.717, 1.165) is 10.0 Å². The predicted octanol–water partition coefficient (Wildman–Crippen LogP) is 2.87. The van der Waals surface area contributed by atoms with Crippen molar-refractivity contribution >= 4 is 21.9 Å². The van der Waals surface area contributed by atoms with Crippen molar-refractivity contribution in [1.29, 1.82) is 0 Å². The summed E-state index contributed by atoms with van der Waals surface area (Å²) in [6.07, 6.45) is 2.04. The lowest BCUT2D eigenvalue weighted by molar-refractivity contribution is -0.150. The molecule has 0 bridgehead atoms. The number of benzene rings is 1. The van der Waals surface area contributed by atoms with Gasteiger partial charge in [0.1, 0.15) is 0 Å². The van der Waals surface area contributed by atoms with Gasteiger partial charge in [0.15, 0.2) is 6.10 Å². The molecule has 0 amide bonds. The molecule has 1 aromatic rings. The summed E-state index contributed by atoms with van der Waals surface area (Å²) in [6, 6.07) is 7.66. The van der Waals surface area contributed by atoms with Gasteiger partial charge in [0.25, 0.3) is 0 Å². The number of carboxylic acid groups (broad SMARTS) is 1. The number of aliphatic carboxylic acids is 1. The third-order valence-corrected chi connectivity index (χ3v) is 3.37. The zero-order valence-electron chi connectivity index (χ0n) is 9.43. The number of ether oxygens (including phenoxy) is 1. The van der Waals surface area contributed by atoms with E-state index in [0.29, 0.717) is 18.9 Å². The Morgan fingerprint density at radius 3 is 2.59 bits per heavy atom. The monoisotopic (exact) mass is 298 g/mol. The molecule has 1 aromatic carbocycles. The summed E-state index contributed by atoms with van der Waals surface area (Å²) >= 11 is 3.35. The van der Waals surface area contributed by atoms with Gasteiger partial charge in [-0.25, -0.2) is 4.79 Å². The van der Waals surface area contributed by atoms with E-state index in [4.69, 9.17) is 9.84 Å². The number of hydrogen-bond donors (Lipinski definition) is 1. The van der Waals surface area contributed by atoms with E-state index < -0.39 is 12.1 Å². The molecule has 0 radical (unpaired) electrons. The molecule has 92 valence electrons. The van der Waals surface area contributed by atoms with Crippen LogP contribution in [0.2, 0.25) is 0 Å². The molecule has 2 rings (SSSR count). The number of rotatable bonds is 6. The van der Waals surface area contributed by atoms with Gasteiger partial charge in [0, 0.05) is 10.9 Å². The molecular weight excluding hydrogens is 284 g/mol. The normalized spacial score (nSPS) is 16.8. The minimum Gasteiger partial charge on any atom is -0.479 e. The van der Waals surface area contributed by atoms with Crippen LogP contribution in [0.15, 0.2) is 28.7 Å². The van der Waals surface area contributed by atoms with Crippen LogP contribution in [0, 0.1) is 5.92 Å². The molecule has 17 heavy (non-hydrogen) atoms. The standard InChI is InChI=1S/C13H15BrO3/c14-11-5-3-9(4-6-11)7-12(13(15)16)17-8-10-1-2-10/h3-6,10,12H,1-2,7-8H2,(H,15,16)/t12-/m0/s1. The molecule has 1 fully saturated rings. The fraction of sp³-hybridized carbons (Fsp3) is 0.462. The highest BCUT2D eigenvalue weighted by Crippen LogP contribution is 2.29. The third-order valence-electron chi connectivity index (χ3n) is 2.84. The summed E-state index contributed by atoms with van der Waals surface area (Å²) in [7, 11) is 0. The molecule has 1 N–H and O–H groups in total. The summed E-state index contributed by atoms with van der Waals surface area (Å²) < 4.78 is 6.44. The van der Waals surface area contributed by atoms with E-state index in [1.165, 1.54) is 12.8 Å². The van der Waals surface area contributed by atoms with Crippen LogP contribution in [-0.4, -0.2) is 23.8 Å². The fourth-order valence-corrected chi connectivity index (χ4v) is 1.85. The molecule has 0 saturated heterocycles. The van der Waals surface area contributed by atoms with Crippen LogP contribution in [-0.2, 0) is 16.0 Å². The van der Waals surface area contributed by atoms with Crippen molar-refractivity contribution in [2.75, 3.05) is 6.61 Å². The first-order chi connectivity index (χ1) is 8.15. The Morgan fingerprint density at radius 1 is 1.41 bits per heavy atom. The molecule has 4 heteroatoms. The highest BCUT2D eigenvalue weighted by molar-refractivity contribution is 9.10. The van der Waals surface area contributed by atoms with E-state index in [9.17, 15) is 4.79 Å². The molecule has 0 aromatic heterocycles. The van der Waals surface area contributed by atoms with E-state index in [-0.39, 0.29) is 0 Å². The quantitative estimate of drug-likeness (QED) is 0.878. The first kappa shape index (κ1) is 12.6. The minimum absolute atomic E-state index is 0.426. The van der Waals surface area contributed by atoms with Crippen molar-refractivity contribution in [2.24, 2.45) is 5.92 Å². The average molecular weight is 299 g/mol. The first-order valence-corrected chi connectivity index (χ1v) is 6.53. The Labute approximate surface area is 109 Å². The number of halogens is 1. The molecule has 1 atom stereocenters. The minimum atomic E-state index is -0.881. The summed E-state index contributed by atoms with van der Waals surface area (Å²) in [5.74, 6) is -0.296. The second-order valence-electron chi connectivity index (χ2n) is 4.43. The maximum absolute atomic E-state index is 11.1. The van der Waals surface area contributed by atoms with Crippen molar-refractivity contribution in [2.45, 2.75) is 25.4 Å². The molecule has 1 aliphatic rings. The van der Waals surface area contributed by atoms with Crippen LogP contribution in [0.4, 0.5) is 0 Å². The highest BCUT2D eigenvalue weighted by atomic mass is 79.9. The van der Waals surface area contributed by atoms with Gasteiger partial charge in [-0.3, -0.25) is 0 Å². The van der Waals surface area contributed by atoms with Crippen molar-refractivity contribution in [3.05, 3.63) is 34.3 Å². The van der Waals surface area contributed by atoms with Crippen molar-refractivity contribution in [3.8, 4) is 0 Å². The molecule has 0 heterocycles. The van der Waals surface area contributed by atoms with Gasteiger partial charge < -0.3 is 9.84 Å². The Kier molecular flexibility index (Phi) is 4.18. The summed E-state index contributed by atoms with van der Waals surface area (Å²) in [5, 5.41) is 9.09. The maximum atomic E-state index is 11.1. The zero-order chi connectivity index (χ0) is 12.3. The molecule has 1 aliphatic carbocycles. The van der Waals surface area contributed by atoms with Crippen LogP contribution in [0.1, 0.15) is 18.4 Å². The average Bonchev–Trinajstić information content (AvgIpc) is 3.10. The topological polar surface area (TPSA) is 46.5 Å². The highest BCUT2D eigenvalue weighted by Gasteiger charge is 2.26. The summed E-state index contributed by atoms with van der Waals surface area (Å²) in [4.78, 5) is 11.1. The number of carbonyl (C=O) groups is 1. The van der Waals surface area contributed by atoms with Gasteiger partial charge in [-0.05, 0) is 36.5 Å². The van der Waals surface area contributed by atoms with Crippen LogP contribution in [0.5, 0.6) is 0 Å². The molecule has 0 aliphatic heterocycles. The molecule has 0 spiro atoms. The van der Waals surface area contributed by atoms with Crippen molar-refractivity contribution < 1.29 is 14.6 Å². The van der Waals surface area contributed by atoms with E-state index in [1.54, 1.807) is 0 Å².